The molecule has 0 aliphatic rings. The molecule has 1 amide bonds. The molecule has 1 heterocycles. The maximum Gasteiger partial charge on any atom is 0.255 e. The van der Waals surface area contributed by atoms with Gasteiger partial charge in [-0.1, -0.05) is 30.3 Å². The van der Waals surface area contributed by atoms with Crippen molar-refractivity contribution in [2.75, 3.05) is 5.32 Å². The molecule has 0 fully saturated rings. The van der Waals surface area contributed by atoms with Crippen molar-refractivity contribution in [2.24, 2.45) is 0 Å². The Labute approximate surface area is 168 Å². The number of fused-ring (bicyclic) bond motifs is 1. The second-order valence-corrected chi connectivity index (χ2v) is 6.45. The summed E-state index contributed by atoms with van der Waals surface area (Å²) in [5, 5.41) is 13.0. The highest BCUT2D eigenvalue weighted by Crippen LogP contribution is 2.20. The summed E-state index contributed by atoms with van der Waals surface area (Å²) < 4.78 is 5.79. The van der Waals surface area contributed by atoms with Crippen molar-refractivity contribution in [2.45, 2.75) is 6.61 Å². The summed E-state index contributed by atoms with van der Waals surface area (Å²) in [4.78, 5) is 16.9. The fourth-order valence-corrected chi connectivity index (χ4v) is 3.00. The Morgan fingerprint density at radius 3 is 2.79 bits per heavy atom. The van der Waals surface area contributed by atoms with E-state index in [9.17, 15) is 10.1 Å². The largest absolute Gasteiger partial charge is 0.489 e. The Hall–Kier alpha value is -4.17. The first-order valence-electron chi connectivity index (χ1n) is 9.10. The third kappa shape index (κ3) is 4.23. The van der Waals surface area contributed by atoms with Gasteiger partial charge in [0.25, 0.3) is 5.91 Å². The Morgan fingerprint density at radius 1 is 1.00 bits per heavy atom. The van der Waals surface area contributed by atoms with Crippen LogP contribution in [0, 0.1) is 11.3 Å². The van der Waals surface area contributed by atoms with Gasteiger partial charge in [0.05, 0.1) is 17.1 Å². The molecule has 0 unspecified atom stereocenters. The number of hydrogen-bond acceptors (Lipinski definition) is 4. The topological polar surface area (TPSA) is 75.0 Å². The van der Waals surface area contributed by atoms with Gasteiger partial charge in [0.15, 0.2) is 0 Å². The van der Waals surface area contributed by atoms with Gasteiger partial charge in [0.1, 0.15) is 12.4 Å². The fourth-order valence-electron chi connectivity index (χ4n) is 3.00. The average molecular weight is 379 g/mol. The quantitative estimate of drug-likeness (QED) is 0.533. The number of benzene rings is 3. The van der Waals surface area contributed by atoms with Gasteiger partial charge >= 0.3 is 0 Å². The van der Waals surface area contributed by atoms with Gasteiger partial charge in [-0.05, 0) is 48.5 Å². The van der Waals surface area contributed by atoms with Gasteiger partial charge < -0.3 is 10.1 Å². The molecule has 0 aliphatic carbocycles. The first-order chi connectivity index (χ1) is 14.2. The number of nitrogens with zero attached hydrogens (tertiary/aromatic N) is 2. The zero-order valence-corrected chi connectivity index (χ0v) is 15.5. The molecule has 5 heteroatoms. The minimum Gasteiger partial charge on any atom is -0.489 e. The van der Waals surface area contributed by atoms with Crippen molar-refractivity contribution in [3.8, 4) is 11.8 Å². The zero-order valence-electron chi connectivity index (χ0n) is 15.5. The molecule has 5 nitrogen and oxygen atoms in total. The highest BCUT2D eigenvalue weighted by molar-refractivity contribution is 6.05. The summed E-state index contributed by atoms with van der Waals surface area (Å²) in [6.45, 7) is 0.256. The first kappa shape index (κ1) is 18.2. The monoisotopic (exact) mass is 379 g/mol. The minimum absolute atomic E-state index is 0.226. The number of nitriles is 1. The smallest absolute Gasteiger partial charge is 0.255 e. The van der Waals surface area contributed by atoms with Crippen molar-refractivity contribution >= 4 is 22.5 Å². The lowest BCUT2D eigenvalue weighted by Crippen LogP contribution is -2.12. The van der Waals surface area contributed by atoms with Crippen LogP contribution in [0.4, 0.5) is 5.69 Å². The number of hydrogen-bond donors (Lipinski definition) is 1. The van der Waals surface area contributed by atoms with Crippen LogP contribution in [0.5, 0.6) is 5.75 Å². The van der Waals surface area contributed by atoms with E-state index >= 15 is 0 Å². The summed E-state index contributed by atoms with van der Waals surface area (Å²) in [6.07, 6.45) is 1.74. The summed E-state index contributed by atoms with van der Waals surface area (Å²) in [5.74, 6) is 0.337. The first-order valence-corrected chi connectivity index (χ1v) is 9.10. The number of ether oxygens (including phenoxy) is 1. The van der Waals surface area contributed by atoms with Crippen LogP contribution >= 0.6 is 0 Å². The molecular weight excluding hydrogens is 362 g/mol. The van der Waals surface area contributed by atoms with Crippen LogP contribution in [0.25, 0.3) is 10.9 Å². The molecule has 0 aliphatic heterocycles. The molecule has 3 aromatic carbocycles. The Balaban J connectivity index is 1.47. The molecule has 4 rings (SSSR count). The van der Waals surface area contributed by atoms with Crippen LogP contribution in [-0.2, 0) is 6.61 Å². The number of amides is 1. The normalized spacial score (nSPS) is 10.3. The van der Waals surface area contributed by atoms with Crippen LogP contribution in [0.1, 0.15) is 21.5 Å². The van der Waals surface area contributed by atoms with Crippen molar-refractivity contribution < 1.29 is 9.53 Å². The predicted molar refractivity (Wildman–Crippen MR) is 112 cm³/mol. The maximum absolute atomic E-state index is 12.7. The third-order valence-electron chi connectivity index (χ3n) is 4.49. The van der Waals surface area contributed by atoms with Crippen LogP contribution in [0.3, 0.4) is 0 Å². The van der Waals surface area contributed by atoms with Gasteiger partial charge in [0, 0.05) is 28.4 Å². The Bertz CT molecular complexity index is 1230. The second kappa shape index (κ2) is 8.24. The lowest BCUT2D eigenvalue weighted by atomic mass is 10.1. The third-order valence-corrected chi connectivity index (χ3v) is 4.49. The van der Waals surface area contributed by atoms with Crippen molar-refractivity contribution in [1.82, 2.24) is 4.98 Å². The maximum atomic E-state index is 12.7. The molecule has 0 atom stereocenters. The fraction of sp³-hybridized carbons (Fsp3) is 0.0417. The molecule has 1 N–H and O–H groups in total. The molecule has 0 bridgehead atoms. The van der Waals surface area contributed by atoms with Gasteiger partial charge in [-0.3, -0.25) is 9.78 Å². The van der Waals surface area contributed by atoms with E-state index in [1.54, 1.807) is 36.5 Å². The predicted octanol–water partition coefficient (Wildman–Crippen LogP) is 4.94. The van der Waals surface area contributed by atoms with E-state index in [4.69, 9.17) is 4.74 Å². The van der Waals surface area contributed by atoms with E-state index in [1.165, 1.54) is 0 Å². The van der Waals surface area contributed by atoms with Crippen LogP contribution in [0.2, 0.25) is 0 Å². The lowest BCUT2D eigenvalue weighted by molar-refractivity contribution is 0.102. The zero-order chi connectivity index (χ0) is 20.1. The van der Waals surface area contributed by atoms with E-state index in [0.717, 1.165) is 16.5 Å². The van der Waals surface area contributed by atoms with Gasteiger partial charge in [-0.15, -0.1) is 0 Å². The van der Waals surface area contributed by atoms with Gasteiger partial charge in [0.2, 0.25) is 0 Å². The highest BCUT2D eigenvalue weighted by atomic mass is 16.5. The molecule has 29 heavy (non-hydrogen) atoms. The van der Waals surface area contributed by atoms with Crippen molar-refractivity contribution in [1.29, 1.82) is 5.26 Å². The van der Waals surface area contributed by atoms with E-state index < -0.39 is 0 Å². The highest BCUT2D eigenvalue weighted by Gasteiger charge is 2.09. The molecule has 140 valence electrons. The average Bonchev–Trinajstić information content (AvgIpc) is 2.78. The van der Waals surface area contributed by atoms with E-state index in [0.29, 0.717) is 22.6 Å². The molecular formula is C24H17N3O2. The number of aromatic nitrogens is 1. The van der Waals surface area contributed by atoms with Crippen molar-refractivity contribution in [3.63, 3.8) is 0 Å². The number of rotatable bonds is 5. The summed E-state index contributed by atoms with van der Waals surface area (Å²) >= 11 is 0. The molecule has 0 saturated carbocycles. The molecule has 0 saturated heterocycles. The van der Waals surface area contributed by atoms with Crippen LogP contribution in [0.15, 0.2) is 85.1 Å². The Morgan fingerprint density at radius 2 is 1.90 bits per heavy atom. The number of anilines is 1. The SMILES string of the molecule is N#Cc1ccccc1COc1cccc(C(=O)Nc2ccc3ncccc3c2)c1. The summed E-state index contributed by atoms with van der Waals surface area (Å²) in [6, 6.07) is 25.8. The standard InChI is InChI=1S/C24H17N3O2/c25-15-19-5-1-2-6-20(19)16-29-22-9-3-7-18(14-22)24(28)27-21-10-11-23-17(13-21)8-4-12-26-23/h1-14H,16H2,(H,27,28). The van der Waals surface area contributed by atoms with Gasteiger partial charge in [-0.25, -0.2) is 0 Å². The summed E-state index contributed by atoms with van der Waals surface area (Å²) in [5.41, 5.74) is 3.44. The molecule has 1 aromatic heterocycles. The van der Waals surface area contributed by atoms with Gasteiger partial charge in [-0.2, -0.15) is 5.26 Å². The number of carbonyl (C=O) groups is 1. The number of nitrogens with one attached hydrogen (secondary N) is 1. The minimum atomic E-state index is -0.226. The molecule has 4 aromatic rings. The molecule has 0 radical (unpaired) electrons. The van der Waals surface area contributed by atoms with Crippen LogP contribution < -0.4 is 10.1 Å². The van der Waals surface area contributed by atoms with E-state index in [2.05, 4.69) is 16.4 Å². The van der Waals surface area contributed by atoms with Crippen molar-refractivity contribution in [3.05, 3.63) is 102 Å². The van der Waals surface area contributed by atoms with E-state index in [-0.39, 0.29) is 12.5 Å². The molecule has 0 spiro atoms. The van der Waals surface area contributed by atoms with E-state index in [1.807, 2.05) is 48.5 Å². The summed E-state index contributed by atoms with van der Waals surface area (Å²) in [7, 11) is 0. The lowest BCUT2D eigenvalue weighted by Gasteiger charge is -2.10. The Kier molecular flexibility index (Phi) is 5.17. The second-order valence-electron chi connectivity index (χ2n) is 6.45. The van der Waals surface area contributed by atoms with Crippen LogP contribution in [-0.4, -0.2) is 10.9 Å². The number of carbonyl (C=O) groups excluding carboxylic acids is 1. The number of pyridine rings is 1.